The number of aromatic nitrogens is 1. The fourth-order valence-electron chi connectivity index (χ4n) is 1.84. The van der Waals surface area contributed by atoms with Gasteiger partial charge >= 0.3 is 5.97 Å². The second-order valence-electron chi connectivity index (χ2n) is 5.55. The normalized spacial score (nSPS) is 10.8. The van der Waals surface area contributed by atoms with Crippen LogP contribution < -0.4 is 5.32 Å². The van der Waals surface area contributed by atoms with Gasteiger partial charge in [-0.2, -0.15) is 11.3 Å². The summed E-state index contributed by atoms with van der Waals surface area (Å²) in [5.74, 6) is -0.257. The molecule has 0 saturated heterocycles. The van der Waals surface area contributed by atoms with Crippen molar-refractivity contribution in [3.8, 4) is 10.6 Å². The van der Waals surface area contributed by atoms with E-state index in [2.05, 4.69) is 24.1 Å². The van der Waals surface area contributed by atoms with Crippen LogP contribution in [0.5, 0.6) is 0 Å². The molecule has 0 bridgehead atoms. The van der Waals surface area contributed by atoms with Crippen LogP contribution in [-0.2, 0) is 9.53 Å². The first-order valence-corrected chi connectivity index (χ1v) is 9.17. The topological polar surface area (TPSA) is 68.3 Å². The van der Waals surface area contributed by atoms with Crippen molar-refractivity contribution in [2.75, 3.05) is 13.2 Å². The van der Waals surface area contributed by atoms with Crippen LogP contribution in [0.25, 0.3) is 10.6 Å². The number of ether oxygens (including phenoxy) is 1. The molecule has 0 aliphatic heterocycles. The van der Waals surface area contributed by atoms with Gasteiger partial charge in [-0.05, 0) is 30.7 Å². The summed E-state index contributed by atoms with van der Waals surface area (Å²) < 4.78 is 5.08. The molecule has 0 aliphatic carbocycles. The Morgan fingerprint density at radius 1 is 1.39 bits per heavy atom. The maximum atomic E-state index is 12.1. The molecule has 0 fully saturated rings. The summed E-state index contributed by atoms with van der Waals surface area (Å²) in [7, 11) is 0. The number of nitrogens with zero attached hydrogens (tertiary/aromatic N) is 1. The van der Waals surface area contributed by atoms with Gasteiger partial charge in [0.15, 0.2) is 6.61 Å². The molecule has 2 aromatic heterocycles. The standard InChI is InChI=1S/C16H20N2O3S2/c1-10(2)4-6-17-13(19)8-21-16(20)14-11(3)18-15(23-14)12-5-7-22-9-12/h5,7,9-10H,4,6,8H2,1-3H3,(H,17,19). The summed E-state index contributed by atoms with van der Waals surface area (Å²) in [5.41, 5.74) is 1.62. The summed E-state index contributed by atoms with van der Waals surface area (Å²) in [6.07, 6.45) is 0.900. The van der Waals surface area contributed by atoms with Gasteiger partial charge in [0.2, 0.25) is 0 Å². The van der Waals surface area contributed by atoms with Gasteiger partial charge in [0.1, 0.15) is 9.88 Å². The molecule has 2 rings (SSSR count). The van der Waals surface area contributed by atoms with Crippen LogP contribution in [0.4, 0.5) is 0 Å². The number of thiophene rings is 1. The molecule has 0 saturated carbocycles. The van der Waals surface area contributed by atoms with Gasteiger partial charge in [0.05, 0.1) is 5.69 Å². The average molecular weight is 352 g/mol. The molecule has 7 heteroatoms. The van der Waals surface area contributed by atoms with Crippen LogP contribution in [0, 0.1) is 12.8 Å². The highest BCUT2D eigenvalue weighted by molar-refractivity contribution is 7.17. The number of amides is 1. The summed E-state index contributed by atoms with van der Waals surface area (Å²) in [4.78, 5) is 28.6. The van der Waals surface area contributed by atoms with E-state index < -0.39 is 5.97 Å². The number of carbonyl (C=O) groups excluding carboxylic acids is 2. The Kier molecular flexibility index (Phi) is 6.29. The third kappa shape index (κ3) is 5.14. The predicted octanol–water partition coefficient (Wildman–Crippen LogP) is 3.50. The molecule has 0 spiro atoms. The minimum Gasteiger partial charge on any atom is -0.451 e. The Bertz CT molecular complexity index is 663. The molecule has 0 atom stereocenters. The summed E-state index contributed by atoms with van der Waals surface area (Å²) in [5, 5.41) is 7.47. The lowest BCUT2D eigenvalue weighted by molar-refractivity contribution is -0.124. The molecule has 0 unspecified atom stereocenters. The molecule has 1 amide bonds. The van der Waals surface area contributed by atoms with E-state index in [1.807, 2.05) is 16.8 Å². The van der Waals surface area contributed by atoms with Crippen molar-refractivity contribution in [1.29, 1.82) is 0 Å². The number of rotatable bonds is 7. The Morgan fingerprint density at radius 3 is 2.83 bits per heavy atom. The summed E-state index contributed by atoms with van der Waals surface area (Å²) in [6.45, 7) is 6.28. The van der Waals surface area contributed by atoms with Gasteiger partial charge in [-0.1, -0.05) is 13.8 Å². The van der Waals surface area contributed by atoms with Crippen molar-refractivity contribution in [2.24, 2.45) is 5.92 Å². The Morgan fingerprint density at radius 2 is 2.17 bits per heavy atom. The lowest BCUT2D eigenvalue weighted by Crippen LogP contribution is -2.30. The molecule has 1 N–H and O–H groups in total. The van der Waals surface area contributed by atoms with Crippen molar-refractivity contribution in [3.63, 3.8) is 0 Å². The van der Waals surface area contributed by atoms with Crippen molar-refractivity contribution in [2.45, 2.75) is 27.2 Å². The zero-order chi connectivity index (χ0) is 16.8. The van der Waals surface area contributed by atoms with Crippen LogP contribution in [0.1, 0.15) is 35.6 Å². The third-order valence-electron chi connectivity index (χ3n) is 3.13. The monoisotopic (exact) mass is 352 g/mol. The lowest BCUT2D eigenvalue weighted by atomic mass is 10.1. The number of thiazole rings is 1. The smallest absolute Gasteiger partial charge is 0.350 e. The van der Waals surface area contributed by atoms with Gasteiger partial charge in [-0.15, -0.1) is 11.3 Å². The Balaban J connectivity index is 1.87. The van der Waals surface area contributed by atoms with E-state index in [0.717, 1.165) is 17.0 Å². The van der Waals surface area contributed by atoms with E-state index in [1.54, 1.807) is 18.3 Å². The summed E-state index contributed by atoms with van der Waals surface area (Å²) in [6, 6.07) is 1.96. The molecule has 5 nitrogen and oxygen atoms in total. The largest absolute Gasteiger partial charge is 0.451 e. The summed E-state index contributed by atoms with van der Waals surface area (Å²) >= 11 is 2.87. The van der Waals surface area contributed by atoms with Gasteiger partial charge in [-0.3, -0.25) is 4.79 Å². The van der Waals surface area contributed by atoms with Gasteiger partial charge in [-0.25, -0.2) is 9.78 Å². The molecular weight excluding hydrogens is 332 g/mol. The quantitative estimate of drug-likeness (QED) is 0.775. The second kappa shape index (κ2) is 8.21. The predicted molar refractivity (Wildman–Crippen MR) is 92.9 cm³/mol. The van der Waals surface area contributed by atoms with Crippen LogP contribution in [0.3, 0.4) is 0 Å². The first-order chi connectivity index (χ1) is 11.0. The number of carbonyl (C=O) groups is 2. The Labute approximate surface area is 143 Å². The van der Waals surface area contributed by atoms with Gasteiger partial charge < -0.3 is 10.1 Å². The van der Waals surface area contributed by atoms with E-state index in [0.29, 0.717) is 23.0 Å². The van der Waals surface area contributed by atoms with E-state index in [1.165, 1.54) is 11.3 Å². The van der Waals surface area contributed by atoms with Crippen LogP contribution in [-0.4, -0.2) is 30.0 Å². The molecule has 0 radical (unpaired) electrons. The Hall–Kier alpha value is -1.73. The average Bonchev–Trinajstić information content (AvgIpc) is 3.13. The van der Waals surface area contributed by atoms with E-state index in [-0.39, 0.29) is 12.5 Å². The fraction of sp³-hybridized carbons (Fsp3) is 0.438. The van der Waals surface area contributed by atoms with Crippen LogP contribution >= 0.6 is 22.7 Å². The van der Waals surface area contributed by atoms with Gasteiger partial charge in [0, 0.05) is 17.5 Å². The molecule has 2 aromatic rings. The van der Waals surface area contributed by atoms with E-state index in [4.69, 9.17) is 4.74 Å². The number of esters is 1. The number of nitrogens with one attached hydrogen (secondary N) is 1. The number of hydrogen-bond acceptors (Lipinski definition) is 6. The minimum atomic E-state index is -0.500. The first kappa shape index (κ1) is 17.6. The highest BCUT2D eigenvalue weighted by atomic mass is 32.1. The molecule has 124 valence electrons. The third-order valence-corrected chi connectivity index (χ3v) is 5.00. The highest BCUT2D eigenvalue weighted by Gasteiger charge is 2.18. The second-order valence-corrected chi connectivity index (χ2v) is 7.33. The lowest BCUT2D eigenvalue weighted by Gasteiger charge is -2.07. The maximum Gasteiger partial charge on any atom is 0.350 e. The zero-order valence-electron chi connectivity index (χ0n) is 13.4. The highest BCUT2D eigenvalue weighted by Crippen LogP contribution is 2.29. The van der Waals surface area contributed by atoms with E-state index >= 15 is 0 Å². The molecule has 0 aliphatic rings. The van der Waals surface area contributed by atoms with Crippen LogP contribution in [0.15, 0.2) is 16.8 Å². The zero-order valence-corrected chi connectivity index (χ0v) is 15.1. The van der Waals surface area contributed by atoms with E-state index in [9.17, 15) is 9.59 Å². The number of hydrogen-bond donors (Lipinski definition) is 1. The number of aryl methyl sites for hydroxylation is 1. The van der Waals surface area contributed by atoms with Crippen molar-refractivity contribution in [1.82, 2.24) is 10.3 Å². The fourth-order valence-corrected chi connectivity index (χ4v) is 3.51. The maximum absolute atomic E-state index is 12.1. The van der Waals surface area contributed by atoms with Crippen molar-refractivity contribution < 1.29 is 14.3 Å². The van der Waals surface area contributed by atoms with Crippen molar-refractivity contribution in [3.05, 3.63) is 27.4 Å². The molecule has 2 heterocycles. The first-order valence-electron chi connectivity index (χ1n) is 7.41. The van der Waals surface area contributed by atoms with Crippen molar-refractivity contribution >= 4 is 34.6 Å². The van der Waals surface area contributed by atoms with Crippen LogP contribution in [0.2, 0.25) is 0 Å². The molecule has 0 aromatic carbocycles. The molecular formula is C16H20N2O3S2. The minimum absolute atomic E-state index is 0.262. The van der Waals surface area contributed by atoms with Gasteiger partial charge in [0.25, 0.3) is 5.91 Å². The SMILES string of the molecule is Cc1nc(-c2ccsc2)sc1C(=O)OCC(=O)NCCC(C)C. The molecule has 23 heavy (non-hydrogen) atoms.